The molecule has 1 aromatic carbocycles. The largest absolute Gasteiger partial charge is 0.507 e. The molecule has 0 saturated carbocycles. The summed E-state index contributed by atoms with van der Waals surface area (Å²) >= 11 is 0. The number of nitrogens with zero attached hydrogens (tertiary/aromatic N) is 2. The monoisotopic (exact) mass is 247 g/mol. The molecule has 0 aliphatic carbocycles. The molecule has 1 heterocycles. The number of hydrogen-bond acceptors (Lipinski definition) is 4. The maximum Gasteiger partial charge on any atom is 0.258 e. The molecule has 1 amide bonds. The smallest absolute Gasteiger partial charge is 0.258 e. The van der Waals surface area contributed by atoms with Gasteiger partial charge in [-0.3, -0.25) is 9.48 Å². The number of phenols is 2. The molecule has 0 spiro atoms. The van der Waals surface area contributed by atoms with Crippen molar-refractivity contribution in [1.82, 2.24) is 15.1 Å². The molecule has 94 valence electrons. The second-order valence-electron chi connectivity index (χ2n) is 3.70. The molecule has 18 heavy (non-hydrogen) atoms. The maximum atomic E-state index is 11.8. The summed E-state index contributed by atoms with van der Waals surface area (Å²) in [4.78, 5) is 11.8. The fourth-order valence-electron chi connectivity index (χ4n) is 1.57. The van der Waals surface area contributed by atoms with Crippen molar-refractivity contribution in [3.05, 3.63) is 42.2 Å². The number of carbonyl (C=O) groups excluding carboxylic acids is 1. The zero-order chi connectivity index (χ0) is 13.0. The van der Waals surface area contributed by atoms with Crippen molar-refractivity contribution in [2.75, 3.05) is 6.54 Å². The number of benzene rings is 1. The summed E-state index contributed by atoms with van der Waals surface area (Å²) in [5, 5.41) is 25.6. The number of nitrogens with one attached hydrogen (secondary N) is 1. The second kappa shape index (κ2) is 5.22. The first-order chi connectivity index (χ1) is 8.68. The predicted molar refractivity (Wildman–Crippen MR) is 64.3 cm³/mol. The highest BCUT2D eigenvalue weighted by atomic mass is 16.3. The van der Waals surface area contributed by atoms with Crippen molar-refractivity contribution in [1.29, 1.82) is 0 Å². The number of carbonyl (C=O) groups is 1. The Morgan fingerprint density at radius 2 is 2.00 bits per heavy atom. The van der Waals surface area contributed by atoms with Gasteiger partial charge in [0.05, 0.1) is 6.54 Å². The number of hydrogen-bond donors (Lipinski definition) is 3. The van der Waals surface area contributed by atoms with Crippen LogP contribution in [-0.4, -0.2) is 32.4 Å². The second-order valence-corrected chi connectivity index (χ2v) is 3.70. The lowest BCUT2D eigenvalue weighted by molar-refractivity contribution is 0.0946. The van der Waals surface area contributed by atoms with Crippen LogP contribution in [0.15, 0.2) is 36.7 Å². The predicted octanol–water partition coefficient (Wildman–Crippen LogP) is 0.724. The van der Waals surface area contributed by atoms with E-state index in [1.165, 1.54) is 18.2 Å². The molecule has 1 aromatic heterocycles. The molecule has 6 heteroatoms. The highest BCUT2D eigenvalue weighted by Gasteiger charge is 2.15. The molecule has 0 bridgehead atoms. The zero-order valence-corrected chi connectivity index (χ0v) is 9.58. The van der Waals surface area contributed by atoms with E-state index in [4.69, 9.17) is 0 Å². The van der Waals surface area contributed by atoms with Crippen molar-refractivity contribution in [3.63, 3.8) is 0 Å². The maximum absolute atomic E-state index is 11.8. The van der Waals surface area contributed by atoms with Crippen LogP contribution in [0.3, 0.4) is 0 Å². The van der Waals surface area contributed by atoms with Gasteiger partial charge in [-0.1, -0.05) is 6.07 Å². The van der Waals surface area contributed by atoms with Gasteiger partial charge in [0.25, 0.3) is 5.91 Å². The van der Waals surface area contributed by atoms with Crippen LogP contribution in [0, 0.1) is 0 Å². The Morgan fingerprint density at radius 3 is 2.61 bits per heavy atom. The summed E-state index contributed by atoms with van der Waals surface area (Å²) < 4.78 is 1.67. The molecule has 0 atom stereocenters. The van der Waals surface area contributed by atoms with Crippen LogP contribution in [0.1, 0.15) is 10.4 Å². The Kier molecular flexibility index (Phi) is 3.47. The Morgan fingerprint density at radius 1 is 1.28 bits per heavy atom. The van der Waals surface area contributed by atoms with E-state index < -0.39 is 5.91 Å². The van der Waals surface area contributed by atoms with Crippen molar-refractivity contribution in [2.24, 2.45) is 0 Å². The quantitative estimate of drug-likeness (QED) is 0.743. The molecule has 0 fully saturated rings. The van der Waals surface area contributed by atoms with Crippen molar-refractivity contribution >= 4 is 5.91 Å². The molecule has 0 aliphatic heterocycles. The van der Waals surface area contributed by atoms with Crippen LogP contribution in [0.25, 0.3) is 0 Å². The lowest BCUT2D eigenvalue weighted by atomic mass is 10.1. The highest BCUT2D eigenvalue weighted by molar-refractivity contribution is 5.99. The van der Waals surface area contributed by atoms with Crippen LogP contribution in [0.2, 0.25) is 0 Å². The molecule has 0 unspecified atom stereocenters. The molecule has 0 saturated heterocycles. The number of amides is 1. The van der Waals surface area contributed by atoms with E-state index in [0.717, 1.165) is 0 Å². The summed E-state index contributed by atoms with van der Waals surface area (Å²) in [6, 6.07) is 5.95. The Labute approximate surface area is 103 Å². The minimum absolute atomic E-state index is 0.113. The average Bonchev–Trinajstić information content (AvgIpc) is 2.82. The molecular formula is C12H13N3O3. The zero-order valence-electron chi connectivity index (χ0n) is 9.58. The third kappa shape index (κ3) is 2.60. The molecule has 6 nitrogen and oxygen atoms in total. The minimum Gasteiger partial charge on any atom is -0.507 e. The van der Waals surface area contributed by atoms with E-state index in [1.54, 1.807) is 23.1 Å². The fourth-order valence-corrected chi connectivity index (χ4v) is 1.57. The first-order valence-electron chi connectivity index (χ1n) is 5.45. The van der Waals surface area contributed by atoms with Crippen LogP contribution in [-0.2, 0) is 6.54 Å². The average molecular weight is 247 g/mol. The van der Waals surface area contributed by atoms with Gasteiger partial charge in [-0.25, -0.2) is 0 Å². The first-order valence-corrected chi connectivity index (χ1v) is 5.45. The lowest BCUT2D eigenvalue weighted by Gasteiger charge is -2.08. The van der Waals surface area contributed by atoms with Crippen molar-refractivity contribution < 1.29 is 15.0 Å². The molecule has 3 N–H and O–H groups in total. The fraction of sp³-hybridized carbons (Fsp3) is 0.167. The van der Waals surface area contributed by atoms with Crippen LogP contribution in [0.4, 0.5) is 0 Å². The van der Waals surface area contributed by atoms with E-state index in [-0.39, 0.29) is 17.1 Å². The first kappa shape index (κ1) is 12.0. The Balaban J connectivity index is 1.96. The normalized spacial score (nSPS) is 10.2. The highest BCUT2D eigenvalue weighted by Crippen LogP contribution is 2.25. The molecule has 0 aliphatic rings. The van der Waals surface area contributed by atoms with Gasteiger partial charge in [0.2, 0.25) is 0 Å². The van der Waals surface area contributed by atoms with Crippen LogP contribution in [0.5, 0.6) is 11.5 Å². The van der Waals surface area contributed by atoms with Crippen LogP contribution < -0.4 is 5.32 Å². The number of rotatable bonds is 4. The van der Waals surface area contributed by atoms with Gasteiger partial charge in [-0.2, -0.15) is 5.10 Å². The summed E-state index contributed by atoms with van der Waals surface area (Å²) in [7, 11) is 0. The third-order valence-corrected chi connectivity index (χ3v) is 2.43. The molecular weight excluding hydrogens is 234 g/mol. The van der Waals surface area contributed by atoms with E-state index in [1.807, 2.05) is 0 Å². The topological polar surface area (TPSA) is 87.4 Å². The number of phenolic OH excluding ortho intramolecular Hbond substituents is 2. The molecule has 2 rings (SSSR count). The summed E-state index contributed by atoms with van der Waals surface area (Å²) in [6.07, 6.45) is 3.43. The van der Waals surface area contributed by atoms with Crippen LogP contribution >= 0.6 is 0 Å². The van der Waals surface area contributed by atoms with Gasteiger partial charge in [-0.15, -0.1) is 0 Å². The SMILES string of the molecule is O=C(NCCn1cccn1)c1c(O)cccc1O. The number of aromatic hydroxyl groups is 2. The van der Waals surface area contributed by atoms with Gasteiger partial charge >= 0.3 is 0 Å². The van der Waals surface area contributed by atoms with Crippen molar-refractivity contribution in [3.8, 4) is 11.5 Å². The summed E-state index contributed by atoms with van der Waals surface area (Å²) in [6.45, 7) is 0.876. The van der Waals surface area contributed by atoms with Crippen molar-refractivity contribution in [2.45, 2.75) is 6.54 Å². The van der Waals surface area contributed by atoms with Gasteiger partial charge in [0.1, 0.15) is 17.1 Å². The summed E-state index contributed by atoms with van der Waals surface area (Å²) in [5.74, 6) is -1.00. The molecule has 2 aromatic rings. The Bertz CT molecular complexity index is 517. The standard InChI is InChI=1S/C12H13N3O3/c16-9-3-1-4-10(17)11(9)12(18)13-6-8-15-7-2-5-14-15/h1-5,7,16-17H,6,8H2,(H,13,18). The summed E-state index contributed by atoms with van der Waals surface area (Å²) in [5.41, 5.74) is -0.113. The van der Waals surface area contributed by atoms with E-state index in [2.05, 4.69) is 10.4 Å². The molecule has 0 radical (unpaired) electrons. The van der Waals surface area contributed by atoms with E-state index in [0.29, 0.717) is 13.1 Å². The van der Waals surface area contributed by atoms with Gasteiger partial charge in [0, 0.05) is 18.9 Å². The van der Waals surface area contributed by atoms with E-state index >= 15 is 0 Å². The minimum atomic E-state index is -0.516. The Hall–Kier alpha value is -2.50. The third-order valence-electron chi connectivity index (χ3n) is 2.43. The van der Waals surface area contributed by atoms with Gasteiger partial charge in [-0.05, 0) is 18.2 Å². The van der Waals surface area contributed by atoms with E-state index in [9.17, 15) is 15.0 Å². The lowest BCUT2D eigenvalue weighted by Crippen LogP contribution is -2.27. The van der Waals surface area contributed by atoms with Gasteiger partial charge in [0.15, 0.2) is 0 Å². The number of aromatic nitrogens is 2. The van der Waals surface area contributed by atoms with Gasteiger partial charge < -0.3 is 15.5 Å².